The molecule has 17 heavy (non-hydrogen) atoms. The summed E-state index contributed by atoms with van der Waals surface area (Å²) in [6.45, 7) is 6.47. The quantitative estimate of drug-likeness (QED) is 0.347. The average molecular weight is 355 g/mol. The van der Waals surface area contributed by atoms with Crippen molar-refractivity contribution in [3.05, 3.63) is 0 Å². The summed E-state index contributed by atoms with van der Waals surface area (Å²) >= 11 is 0. The predicted octanol–water partition coefficient (Wildman–Crippen LogP) is 0.941. The van der Waals surface area contributed by atoms with Gasteiger partial charge in [-0.1, -0.05) is 6.92 Å². The molecule has 0 amide bonds. The number of likely N-dealkylation sites (tertiary alicyclic amines) is 1. The second-order valence-corrected chi connectivity index (χ2v) is 4.09. The maximum absolute atomic E-state index is 11.5. The summed E-state index contributed by atoms with van der Waals surface area (Å²) in [4.78, 5) is 17.8. The number of carbonyl (C=O) groups excluding carboxylic acids is 1. The third-order valence-electron chi connectivity index (χ3n) is 2.96. The van der Waals surface area contributed by atoms with Crippen LogP contribution in [-0.4, -0.2) is 50.6 Å². The van der Waals surface area contributed by atoms with Crippen molar-refractivity contribution in [2.75, 3.05) is 33.8 Å². The molecule has 1 aliphatic heterocycles. The van der Waals surface area contributed by atoms with E-state index in [2.05, 4.69) is 22.1 Å². The molecule has 0 aromatic rings. The Balaban J connectivity index is 0.00000256. The molecule has 1 rings (SSSR count). The molecule has 0 bridgehead atoms. The molecule has 1 heterocycles. The Morgan fingerprint density at radius 2 is 2.18 bits per heavy atom. The number of nitrogens with zero attached hydrogens (tertiary/aromatic N) is 2. The monoisotopic (exact) mass is 355 g/mol. The van der Waals surface area contributed by atoms with E-state index >= 15 is 0 Å². The van der Waals surface area contributed by atoms with Crippen LogP contribution in [0.2, 0.25) is 0 Å². The Morgan fingerprint density at radius 1 is 1.53 bits per heavy atom. The van der Waals surface area contributed by atoms with Gasteiger partial charge in [0.15, 0.2) is 5.96 Å². The van der Waals surface area contributed by atoms with Crippen LogP contribution in [0.25, 0.3) is 0 Å². The van der Waals surface area contributed by atoms with Crippen LogP contribution < -0.4 is 5.32 Å². The van der Waals surface area contributed by atoms with E-state index in [1.165, 1.54) is 7.11 Å². The van der Waals surface area contributed by atoms with Crippen LogP contribution in [0, 0.1) is 11.8 Å². The molecular formula is C11H22IN3O2. The summed E-state index contributed by atoms with van der Waals surface area (Å²) in [5, 5.41) is 3.20. The first-order chi connectivity index (χ1) is 7.63. The van der Waals surface area contributed by atoms with Crippen LogP contribution in [0.15, 0.2) is 4.99 Å². The molecule has 1 N–H and O–H groups in total. The van der Waals surface area contributed by atoms with Crippen LogP contribution in [0.1, 0.15) is 13.8 Å². The van der Waals surface area contributed by atoms with Gasteiger partial charge in [0.2, 0.25) is 0 Å². The normalized spacial score (nSPS) is 24.2. The highest BCUT2D eigenvalue weighted by molar-refractivity contribution is 14.0. The summed E-state index contributed by atoms with van der Waals surface area (Å²) < 4.78 is 4.80. The summed E-state index contributed by atoms with van der Waals surface area (Å²) in [6, 6.07) is 0. The lowest BCUT2D eigenvalue weighted by Crippen LogP contribution is -2.40. The third-order valence-corrected chi connectivity index (χ3v) is 2.96. The van der Waals surface area contributed by atoms with E-state index in [0.717, 1.165) is 19.0 Å². The van der Waals surface area contributed by atoms with Gasteiger partial charge in [-0.25, -0.2) is 0 Å². The molecular weight excluding hydrogens is 333 g/mol. The van der Waals surface area contributed by atoms with Crippen molar-refractivity contribution < 1.29 is 9.53 Å². The highest BCUT2D eigenvalue weighted by Gasteiger charge is 2.36. The number of nitrogens with one attached hydrogen (secondary N) is 1. The van der Waals surface area contributed by atoms with Crippen LogP contribution >= 0.6 is 24.0 Å². The van der Waals surface area contributed by atoms with E-state index < -0.39 is 0 Å². The number of esters is 1. The Morgan fingerprint density at radius 3 is 2.65 bits per heavy atom. The van der Waals surface area contributed by atoms with E-state index in [-0.39, 0.29) is 35.9 Å². The first kappa shape index (κ1) is 16.5. The van der Waals surface area contributed by atoms with Crippen molar-refractivity contribution in [1.82, 2.24) is 10.2 Å². The molecule has 1 saturated heterocycles. The first-order valence-electron chi connectivity index (χ1n) is 5.67. The van der Waals surface area contributed by atoms with E-state index in [1.54, 1.807) is 7.05 Å². The number of hydrogen-bond acceptors (Lipinski definition) is 3. The van der Waals surface area contributed by atoms with Gasteiger partial charge in [-0.2, -0.15) is 0 Å². The molecule has 0 aliphatic carbocycles. The average Bonchev–Trinajstić information content (AvgIpc) is 2.67. The molecule has 0 aromatic carbocycles. The molecule has 6 heteroatoms. The Kier molecular flexibility index (Phi) is 7.49. The maximum Gasteiger partial charge on any atom is 0.310 e. The van der Waals surface area contributed by atoms with E-state index in [1.807, 2.05) is 6.92 Å². The van der Waals surface area contributed by atoms with Crippen molar-refractivity contribution in [2.45, 2.75) is 13.8 Å². The van der Waals surface area contributed by atoms with E-state index in [4.69, 9.17) is 4.74 Å². The van der Waals surface area contributed by atoms with Gasteiger partial charge in [-0.15, -0.1) is 24.0 Å². The van der Waals surface area contributed by atoms with Gasteiger partial charge in [0, 0.05) is 26.7 Å². The number of aliphatic imine (C=N–C) groups is 1. The zero-order valence-corrected chi connectivity index (χ0v) is 13.2. The fraction of sp³-hybridized carbons (Fsp3) is 0.818. The number of methoxy groups -OCH3 is 1. The topological polar surface area (TPSA) is 53.9 Å². The molecule has 2 unspecified atom stereocenters. The van der Waals surface area contributed by atoms with Gasteiger partial charge in [0.1, 0.15) is 0 Å². The predicted molar refractivity (Wildman–Crippen MR) is 78.7 cm³/mol. The summed E-state index contributed by atoms with van der Waals surface area (Å²) in [5.41, 5.74) is 0. The van der Waals surface area contributed by atoms with Gasteiger partial charge < -0.3 is 15.0 Å². The third kappa shape index (κ3) is 4.01. The SMILES string of the molecule is CCNC(=NC)N1CC(C)C(C(=O)OC)C1.I. The molecule has 0 aromatic heterocycles. The molecule has 5 nitrogen and oxygen atoms in total. The Labute approximate surface area is 120 Å². The van der Waals surface area contributed by atoms with Gasteiger partial charge in [-0.05, 0) is 12.8 Å². The molecule has 100 valence electrons. The minimum atomic E-state index is -0.123. The minimum absolute atomic E-state index is 0. The van der Waals surface area contributed by atoms with Crippen LogP contribution in [-0.2, 0) is 9.53 Å². The highest BCUT2D eigenvalue weighted by Crippen LogP contribution is 2.23. The molecule has 2 atom stereocenters. The van der Waals surface area contributed by atoms with Crippen LogP contribution in [0.4, 0.5) is 0 Å². The largest absolute Gasteiger partial charge is 0.469 e. The minimum Gasteiger partial charge on any atom is -0.469 e. The van der Waals surface area contributed by atoms with Crippen molar-refractivity contribution in [3.63, 3.8) is 0 Å². The lowest BCUT2D eigenvalue weighted by atomic mass is 9.99. The van der Waals surface area contributed by atoms with Gasteiger partial charge >= 0.3 is 5.97 Å². The smallest absolute Gasteiger partial charge is 0.310 e. The maximum atomic E-state index is 11.5. The van der Waals surface area contributed by atoms with Crippen molar-refractivity contribution in [2.24, 2.45) is 16.8 Å². The second kappa shape index (κ2) is 7.73. The molecule has 0 spiro atoms. The molecule has 0 radical (unpaired) electrons. The Hall–Kier alpha value is -0.530. The second-order valence-electron chi connectivity index (χ2n) is 4.09. The highest BCUT2D eigenvalue weighted by atomic mass is 127. The van der Waals surface area contributed by atoms with Crippen LogP contribution in [0.5, 0.6) is 0 Å². The molecule has 1 aliphatic rings. The summed E-state index contributed by atoms with van der Waals surface area (Å²) in [7, 11) is 3.20. The number of hydrogen-bond donors (Lipinski definition) is 1. The first-order valence-corrected chi connectivity index (χ1v) is 5.67. The van der Waals surface area contributed by atoms with Crippen LogP contribution in [0.3, 0.4) is 0 Å². The summed E-state index contributed by atoms with van der Waals surface area (Å²) in [6.07, 6.45) is 0. The number of halogens is 1. The number of guanidine groups is 1. The van der Waals surface area contributed by atoms with Crippen molar-refractivity contribution in [3.8, 4) is 0 Å². The Bertz CT molecular complexity index is 284. The number of rotatable bonds is 2. The zero-order chi connectivity index (χ0) is 12.1. The van der Waals surface area contributed by atoms with Crippen molar-refractivity contribution >= 4 is 35.9 Å². The van der Waals surface area contributed by atoms with Crippen molar-refractivity contribution in [1.29, 1.82) is 0 Å². The summed E-state index contributed by atoms with van der Waals surface area (Å²) in [5.74, 6) is 1.01. The van der Waals surface area contributed by atoms with Gasteiger partial charge in [-0.3, -0.25) is 9.79 Å². The number of carbonyl (C=O) groups is 1. The number of ether oxygens (including phenoxy) is 1. The fourth-order valence-corrected chi connectivity index (χ4v) is 2.09. The van der Waals surface area contributed by atoms with E-state index in [0.29, 0.717) is 12.5 Å². The molecule has 1 fully saturated rings. The fourth-order valence-electron chi connectivity index (χ4n) is 2.09. The molecule has 0 saturated carbocycles. The standard InChI is InChI=1S/C11H21N3O2.HI/c1-5-13-11(12-3)14-6-8(2)9(7-14)10(15)16-4;/h8-9H,5-7H2,1-4H3,(H,12,13);1H. The lowest BCUT2D eigenvalue weighted by Gasteiger charge is -2.20. The van der Waals surface area contributed by atoms with E-state index in [9.17, 15) is 4.79 Å². The van der Waals surface area contributed by atoms with Gasteiger partial charge in [0.05, 0.1) is 13.0 Å². The lowest BCUT2D eigenvalue weighted by molar-refractivity contribution is -0.145. The zero-order valence-electron chi connectivity index (χ0n) is 10.9. The van der Waals surface area contributed by atoms with Gasteiger partial charge in [0.25, 0.3) is 0 Å².